The number of benzene rings is 1. The van der Waals surface area contributed by atoms with Crippen molar-refractivity contribution in [3.8, 4) is 6.07 Å². The summed E-state index contributed by atoms with van der Waals surface area (Å²) < 4.78 is 0. The fraction of sp³-hybridized carbons (Fsp3) is 0.520. The van der Waals surface area contributed by atoms with Crippen LogP contribution in [0, 0.1) is 24.2 Å². The van der Waals surface area contributed by atoms with Crippen LogP contribution in [0.25, 0.3) is 0 Å². The number of hydrogen-bond donors (Lipinski definition) is 2. The number of rotatable bonds is 7. The van der Waals surface area contributed by atoms with Crippen LogP contribution < -0.4 is 15.1 Å². The van der Waals surface area contributed by atoms with Gasteiger partial charge < -0.3 is 20.2 Å². The van der Waals surface area contributed by atoms with Gasteiger partial charge in [0.1, 0.15) is 23.5 Å². The number of nitrogens with one attached hydrogen (secondary N) is 1. The third kappa shape index (κ3) is 5.60. The van der Waals surface area contributed by atoms with E-state index in [0.29, 0.717) is 23.9 Å². The van der Waals surface area contributed by atoms with E-state index in [0.717, 1.165) is 68.9 Å². The Balaban J connectivity index is 1.38. The first-order valence-corrected chi connectivity index (χ1v) is 11.8. The summed E-state index contributed by atoms with van der Waals surface area (Å²) >= 11 is 0. The highest BCUT2D eigenvalue weighted by Crippen LogP contribution is 2.29. The molecule has 0 spiro atoms. The van der Waals surface area contributed by atoms with Crippen LogP contribution in [0.15, 0.2) is 30.3 Å². The van der Waals surface area contributed by atoms with Gasteiger partial charge in [-0.25, -0.2) is 9.97 Å². The third-order valence-corrected chi connectivity index (χ3v) is 6.65. The van der Waals surface area contributed by atoms with Crippen molar-refractivity contribution in [2.45, 2.75) is 45.1 Å². The summed E-state index contributed by atoms with van der Waals surface area (Å²) in [6.45, 7) is 5.26. The van der Waals surface area contributed by atoms with E-state index in [2.05, 4.69) is 31.2 Å². The van der Waals surface area contributed by atoms with Gasteiger partial charge in [-0.2, -0.15) is 5.26 Å². The Morgan fingerprint density at radius 1 is 1.15 bits per heavy atom. The number of hydrogen-bond acceptors (Lipinski definition) is 7. The average Bonchev–Trinajstić information content (AvgIpc) is 3.34. The Kier molecular flexibility index (Phi) is 7.40. The van der Waals surface area contributed by atoms with Crippen LogP contribution in [0.5, 0.6) is 0 Å². The molecule has 2 aliphatic heterocycles. The minimum Gasteiger partial charge on any atom is -0.396 e. The smallest absolute Gasteiger partial charge is 0.242 e. The minimum atomic E-state index is -0.228. The number of piperidine rings is 1. The lowest BCUT2D eigenvalue weighted by molar-refractivity contribution is -0.122. The maximum Gasteiger partial charge on any atom is 0.242 e. The van der Waals surface area contributed by atoms with E-state index in [4.69, 9.17) is 5.26 Å². The summed E-state index contributed by atoms with van der Waals surface area (Å²) in [5, 5.41) is 21.4. The van der Waals surface area contributed by atoms with E-state index >= 15 is 0 Å². The lowest BCUT2D eigenvalue weighted by Crippen LogP contribution is -2.44. The molecule has 174 valence electrons. The maximum absolute atomic E-state index is 13.0. The molecule has 0 aliphatic carbocycles. The fourth-order valence-electron chi connectivity index (χ4n) is 4.70. The second kappa shape index (κ2) is 10.6. The zero-order valence-corrected chi connectivity index (χ0v) is 19.2. The Labute approximate surface area is 195 Å². The molecule has 2 saturated heterocycles. The van der Waals surface area contributed by atoms with Crippen molar-refractivity contribution in [3.05, 3.63) is 47.3 Å². The largest absolute Gasteiger partial charge is 0.396 e. The van der Waals surface area contributed by atoms with E-state index < -0.39 is 0 Å². The molecule has 33 heavy (non-hydrogen) atoms. The van der Waals surface area contributed by atoms with Crippen LogP contribution in [0.3, 0.4) is 0 Å². The topological polar surface area (TPSA) is 105 Å². The molecule has 2 fully saturated rings. The molecule has 0 bridgehead atoms. The molecule has 4 rings (SSSR count). The van der Waals surface area contributed by atoms with Crippen LogP contribution in [-0.4, -0.2) is 59.8 Å². The molecule has 2 aromatic rings. The molecule has 8 nitrogen and oxygen atoms in total. The number of carbonyl (C=O) groups excluding carboxylic acids is 1. The maximum atomic E-state index is 13.0. The van der Waals surface area contributed by atoms with Crippen molar-refractivity contribution in [3.63, 3.8) is 0 Å². The zero-order chi connectivity index (χ0) is 23.2. The number of nitrogens with zero attached hydrogens (tertiary/aromatic N) is 5. The lowest BCUT2D eigenvalue weighted by Gasteiger charge is -2.33. The summed E-state index contributed by atoms with van der Waals surface area (Å²) in [5.41, 5.74) is 1.74. The number of aryl methyl sites for hydroxylation is 1. The van der Waals surface area contributed by atoms with Crippen molar-refractivity contribution in [2.24, 2.45) is 5.92 Å². The lowest BCUT2D eigenvalue weighted by atomic mass is 9.98. The van der Waals surface area contributed by atoms with Crippen molar-refractivity contribution in [1.29, 1.82) is 5.26 Å². The van der Waals surface area contributed by atoms with Gasteiger partial charge >= 0.3 is 0 Å². The van der Waals surface area contributed by atoms with Gasteiger partial charge in [-0.3, -0.25) is 4.79 Å². The quantitative estimate of drug-likeness (QED) is 0.669. The summed E-state index contributed by atoms with van der Waals surface area (Å²) in [6.07, 6.45) is 4.41. The Hall–Kier alpha value is -3.18. The number of anilines is 2. The molecule has 0 saturated carbocycles. The molecule has 1 aromatic carbocycles. The summed E-state index contributed by atoms with van der Waals surface area (Å²) in [5.74, 6) is 2.83. The minimum absolute atomic E-state index is 0.0303. The number of aromatic nitrogens is 2. The predicted molar refractivity (Wildman–Crippen MR) is 127 cm³/mol. The Morgan fingerprint density at radius 3 is 2.58 bits per heavy atom. The SMILES string of the molecule is Cc1nc(N2CCC(CO)CC2)cc(N2CCCC2C(=O)NCCc2ccc(C#N)cc2)n1. The van der Waals surface area contributed by atoms with Crippen molar-refractivity contribution in [1.82, 2.24) is 15.3 Å². The molecule has 2 aliphatic rings. The van der Waals surface area contributed by atoms with E-state index in [1.165, 1.54) is 0 Å². The summed E-state index contributed by atoms with van der Waals surface area (Å²) in [7, 11) is 0. The van der Waals surface area contributed by atoms with Crippen molar-refractivity contribution >= 4 is 17.5 Å². The second-order valence-corrected chi connectivity index (χ2v) is 8.95. The summed E-state index contributed by atoms with van der Waals surface area (Å²) in [6, 6.07) is 11.4. The van der Waals surface area contributed by atoms with Crippen molar-refractivity contribution in [2.75, 3.05) is 42.6 Å². The second-order valence-electron chi connectivity index (χ2n) is 8.95. The van der Waals surface area contributed by atoms with E-state index in [-0.39, 0.29) is 18.6 Å². The highest BCUT2D eigenvalue weighted by atomic mass is 16.3. The van der Waals surface area contributed by atoms with E-state index in [9.17, 15) is 9.90 Å². The van der Waals surface area contributed by atoms with Gasteiger partial charge in [0.15, 0.2) is 0 Å². The predicted octanol–water partition coefficient (Wildman–Crippen LogP) is 2.19. The van der Waals surface area contributed by atoms with Crippen LogP contribution >= 0.6 is 0 Å². The molecule has 1 aromatic heterocycles. The molecule has 1 atom stereocenters. The van der Waals surface area contributed by atoms with Gasteiger partial charge in [-0.05, 0) is 62.6 Å². The van der Waals surface area contributed by atoms with Gasteiger partial charge in [-0.1, -0.05) is 12.1 Å². The molecule has 8 heteroatoms. The fourth-order valence-corrected chi connectivity index (χ4v) is 4.70. The number of nitriles is 1. The molecular weight excluding hydrogens is 416 g/mol. The Bertz CT molecular complexity index is 995. The Morgan fingerprint density at radius 2 is 1.88 bits per heavy atom. The highest BCUT2D eigenvalue weighted by Gasteiger charge is 2.32. The molecular formula is C25H32N6O2. The monoisotopic (exact) mass is 448 g/mol. The van der Waals surface area contributed by atoms with Crippen LogP contribution in [0.4, 0.5) is 11.6 Å². The summed E-state index contributed by atoms with van der Waals surface area (Å²) in [4.78, 5) is 26.7. The zero-order valence-electron chi connectivity index (χ0n) is 19.2. The molecule has 2 N–H and O–H groups in total. The van der Waals surface area contributed by atoms with Gasteiger partial charge in [0.2, 0.25) is 5.91 Å². The van der Waals surface area contributed by atoms with Gasteiger partial charge in [-0.15, -0.1) is 0 Å². The number of aliphatic hydroxyl groups excluding tert-OH is 1. The number of carbonyl (C=O) groups is 1. The first-order valence-electron chi connectivity index (χ1n) is 11.8. The number of aliphatic hydroxyl groups is 1. The first kappa shape index (κ1) is 23.0. The molecule has 1 unspecified atom stereocenters. The van der Waals surface area contributed by atoms with Crippen LogP contribution in [-0.2, 0) is 11.2 Å². The standard InChI is InChI=1S/C25H32N6O2/c1-18-28-23(30-13-9-21(17-32)10-14-30)15-24(29-18)31-12-2-3-22(31)25(33)27-11-8-19-4-6-20(16-26)7-5-19/h4-7,15,21-22,32H,2-3,8-14,17H2,1H3,(H,27,33). The molecule has 1 amide bonds. The number of amides is 1. The third-order valence-electron chi connectivity index (χ3n) is 6.65. The van der Waals surface area contributed by atoms with E-state index in [1.807, 2.05) is 25.1 Å². The molecule has 0 radical (unpaired) electrons. The highest BCUT2D eigenvalue weighted by molar-refractivity contribution is 5.85. The van der Waals surface area contributed by atoms with Crippen LogP contribution in [0.1, 0.15) is 42.6 Å². The first-order chi connectivity index (χ1) is 16.1. The van der Waals surface area contributed by atoms with Gasteiger partial charge in [0.25, 0.3) is 0 Å². The van der Waals surface area contributed by atoms with Crippen molar-refractivity contribution < 1.29 is 9.90 Å². The van der Waals surface area contributed by atoms with Crippen LogP contribution in [0.2, 0.25) is 0 Å². The average molecular weight is 449 g/mol. The normalized spacial score (nSPS) is 18.9. The van der Waals surface area contributed by atoms with E-state index in [1.54, 1.807) is 12.1 Å². The molecule has 3 heterocycles. The van der Waals surface area contributed by atoms with Gasteiger partial charge in [0.05, 0.1) is 11.6 Å². The van der Waals surface area contributed by atoms with Gasteiger partial charge in [0, 0.05) is 38.9 Å².